The van der Waals surface area contributed by atoms with Gasteiger partial charge in [0.25, 0.3) is 0 Å². The Kier molecular flexibility index (Phi) is 4.76. The summed E-state index contributed by atoms with van der Waals surface area (Å²) in [6, 6.07) is 2.49. The molecule has 0 aliphatic heterocycles. The lowest BCUT2D eigenvalue weighted by atomic mass is 9.84. The molecule has 0 aromatic heterocycles. The van der Waals surface area contributed by atoms with Gasteiger partial charge in [0.2, 0.25) is 0 Å². The fourth-order valence-corrected chi connectivity index (χ4v) is 2.39. The maximum Gasteiger partial charge on any atom is 0.106 e. The van der Waals surface area contributed by atoms with Crippen LogP contribution in [-0.4, -0.2) is 25.8 Å². The summed E-state index contributed by atoms with van der Waals surface area (Å²) in [5, 5.41) is 12.8. The van der Waals surface area contributed by atoms with Gasteiger partial charge in [-0.15, -0.1) is 0 Å². The minimum Gasteiger partial charge on any atom is -0.383 e. The Morgan fingerprint density at radius 1 is 1.25 bits per heavy atom. The molecule has 1 N–H and O–H groups in total. The molecule has 0 radical (unpaired) electrons. The Balaban J connectivity index is 2.56. The molecule has 0 saturated heterocycles. The van der Waals surface area contributed by atoms with Crippen LogP contribution in [0, 0.1) is 16.7 Å². The average molecular weight is 224 g/mol. The predicted molar refractivity (Wildman–Crippen MR) is 65.1 cm³/mol. The van der Waals surface area contributed by atoms with Gasteiger partial charge in [0.15, 0.2) is 0 Å². The highest BCUT2D eigenvalue weighted by Crippen LogP contribution is 2.37. The van der Waals surface area contributed by atoms with Gasteiger partial charge in [0.1, 0.15) is 5.54 Å². The molecule has 0 bridgehead atoms. The molecule has 0 amide bonds. The van der Waals surface area contributed by atoms with Crippen molar-refractivity contribution in [2.75, 3.05) is 20.3 Å². The van der Waals surface area contributed by atoms with Crippen LogP contribution in [0.15, 0.2) is 0 Å². The lowest BCUT2D eigenvalue weighted by Crippen LogP contribution is -2.45. The molecular formula is C13H24N2O. The SMILES string of the molecule is COCCNC1(C#N)CCCC(C)(C)CC1. The summed E-state index contributed by atoms with van der Waals surface area (Å²) in [7, 11) is 1.69. The Bertz CT molecular complexity index is 257. The number of methoxy groups -OCH3 is 1. The quantitative estimate of drug-likeness (QED) is 0.589. The summed E-state index contributed by atoms with van der Waals surface area (Å²) in [6.07, 6.45) is 5.42. The van der Waals surface area contributed by atoms with Crippen LogP contribution >= 0.6 is 0 Å². The standard InChI is InChI=1S/C13H24N2O/c1-12(2)5-4-6-13(11-14,8-7-12)15-9-10-16-3/h15H,4-10H2,1-3H3. The molecule has 1 atom stereocenters. The summed E-state index contributed by atoms with van der Waals surface area (Å²) in [6.45, 7) is 6.04. The summed E-state index contributed by atoms with van der Waals surface area (Å²) in [5.74, 6) is 0. The molecule has 0 aromatic rings. The minimum absolute atomic E-state index is 0.313. The van der Waals surface area contributed by atoms with Crippen molar-refractivity contribution in [2.24, 2.45) is 5.41 Å². The normalized spacial score (nSPS) is 29.4. The highest BCUT2D eigenvalue weighted by Gasteiger charge is 2.35. The van der Waals surface area contributed by atoms with Crippen molar-refractivity contribution >= 4 is 0 Å². The van der Waals surface area contributed by atoms with Crippen LogP contribution in [0.5, 0.6) is 0 Å². The first-order valence-corrected chi connectivity index (χ1v) is 6.19. The van der Waals surface area contributed by atoms with Crippen LogP contribution in [0.2, 0.25) is 0 Å². The predicted octanol–water partition coefficient (Wildman–Crippen LogP) is 2.48. The Morgan fingerprint density at radius 3 is 2.62 bits per heavy atom. The zero-order chi connectivity index (χ0) is 12.1. The highest BCUT2D eigenvalue weighted by molar-refractivity contribution is 5.08. The summed E-state index contributed by atoms with van der Waals surface area (Å²) in [4.78, 5) is 0. The average Bonchev–Trinajstić information content (AvgIpc) is 2.39. The van der Waals surface area contributed by atoms with E-state index in [1.165, 1.54) is 6.42 Å². The number of nitriles is 1. The van der Waals surface area contributed by atoms with Gasteiger partial charge in [-0.2, -0.15) is 5.26 Å². The van der Waals surface area contributed by atoms with Crippen molar-refractivity contribution in [3.05, 3.63) is 0 Å². The maximum absolute atomic E-state index is 9.38. The first-order valence-electron chi connectivity index (χ1n) is 6.19. The maximum atomic E-state index is 9.38. The fraction of sp³-hybridized carbons (Fsp3) is 0.923. The van der Waals surface area contributed by atoms with E-state index in [0.717, 1.165) is 32.2 Å². The smallest absolute Gasteiger partial charge is 0.106 e. The van der Waals surface area contributed by atoms with Gasteiger partial charge < -0.3 is 4.74 Å². The second kappa shape index (κ2) is 5.65. The number of hydrogen-bond acceptors (Lipinski definition) is 3. The van der Waals surface area contributed by atoms with Crippen LogP contribution in [0.25, 0.3) is 0 Å². The monoisotopic (exact) mass is 224 g/mol. The van der Waals surface area contributed by atoms with E-state index in [-0.39, 0.29) is 5.54 Å². The third-order valence-corrected chi connectivity index (χ3v) is 3.67. The van der Waals surface area contributed by atoms with Gasteiger partial charge >= 0.3 is 0 Å². The summed E-state index contributed by atoms with van der Waals surface area (Å²) >= 11 is 0. The van der Waals surface area contributed by atoms with Crippen molar-refractivity contribution in [2.45, 2.75) is 51.5 Å². The van der Waals surface area contributed by atoms with E-state index in [1.807, 2.05) is 0 Å². The summed E-state index contributed by atoms with van der Waals surface area (Å²) < 4.78 is 5.02. The van der Waals surface area contributed by atoms with Crippen molar-refractivity contribution in [1.82, 2.24) is 5.32 Å². The number of rotatable bonds is 4. The van der Waals surface area contributed by atoms with Gasteiger partial charge in [-0.3, -0.25) is 5.32 Å². The van der Waals surface area contributed by atoms with Crippen molar-refractivity contribution in [1.29, 1.82) is 5.26 Å². The zero-order valence-electron chi connectivity index (χ0n) is 10.8. The van der Waals surface area contributed by atoms with Crippen molar-refractivity contribution < 1.29 is 4.74 Å². The molecule has 1 saturated carbocycles. The lowest BCUT2D eigenvalue weighted by Gasteiger charge is -2.27. The first kappa shape index (κ1) is 13.5. The van der Waals surface area contributed by atoms with Gasteiger partial charge in [-0.25, -0.2) is 0 Å². The number of hydrogen-bond donors (Lipinski definition) is 1. The van der Waals surface area contributed by atoms with E-state index in [1.54, 1.807) is 7.11 Å². The molecule has 0 spiro atoms. The molecule has 92 valence electrons. The molecule has 3 heteroatoms. The summed E-state index contributed by atoms with van der Waals surface area (Å²) in [5.41, 5.74) is 0.0772. The van der Waals surface area contributed by atoms with Crippen LogP contribution in [0.4, 0.5) is 0 Å². The van der Waals surface area contributed by atoms with Gasteiger partial charge in [-0.05, 0) is 31.1 Å². The molecule has 1 aliphatic carbocycles. The largest absolute Gasteiger partial charge is 0.383 e. The molecule has 1 fully saturated rings. The van der Waals surface area contributed by atoms with Gasteiger partial charge in [0.05, 0.1) is 12.7 Å². The molecule has 1 rings (SSSR count). The van der Waals surface area contributed by atoms with Gasteiger partial charge in [0, 0.05) is 13.7 Å². The van der Waals surface area contributed by atoms with E-state index >= 15 is 0 Å². The van der Waals surface area contributed by atoms with Crippen LogP contribution in [-0.2, 0) is 4.74 Å². The Hall–Kier alpha value is -0.590. The van der Waals surface area contributed by atoms with E-state index in [4.69, 9.17) is 4.74 Å². The van der Waals surface area contributed by atoms with Crippen molar-refractivity contribution in [3.8, 4) is 6.07 Å². The van der Waals surface area contributed by atoms with Crippen LogP contribution < -0.4 is 5.32 Å². The van der Waals surface area contributed by atoms with Crippen LogP contribution in [0.3, 0.4) is 0 Å². The van der Waals surface area contributed by atoms with E-state index in [9.17, 15) is 5.26 Å². The van der Waals surface area contributed by atoms with Crippen molar-refractivity contribution in [3.63, 3.8) is 0 Å². The van der Waals surface area contributed by atoms with Crippen LogP contribution in [0.1, 0.15) is 46.0 Å². The molecule has 16 heavy (non-hydrogen) atoms. The molecule has 1 unspecified atom stereocenters. The fourth-order valence-electron chi connectivity index (χ4n) is 2.39. The number of ether oxygens (including phenoxy) is 1. The molecule has 0 heterocycles. The van der Waals surface area contributed by atoms with E-state index in [0.29, 0.717) is 12.0 Å². The zero-order valence-corrected chi connectivity index (χ0v) is 10.8. The topological polar surface area (TPSA) is 45.0 Å². The Morgan fingerprint density at radius 2 is 2.00 bits per heavy atom. The Labute approximate surface area is 99.2 Å². The van der Waals surface area contributed by atoms with E-state index in [2.05, 4.69) is 25.2 Å². The molecular weight excluding hydrogens is 200 g/mol. The minimum atomic E-state index is -0.313. The van der Waals surface area contributed by atoms with E-state index < -0.39 is 0 Å². The van der Waals surface area contributed by atoms with Gasteiger partial charge in [-0.1, -0.05) is 20.3 Å². The number of nitrogens with one attached hydrogen (secondary N) is 1. The lowest BCUT2D eigenvalue weighted by molar-refractivity contribution is 0.187. The second-order valence-corrected chi connectivity index (χ2v) is 5.63. The third kappa shape index (κ3) is 3.77. The highest BCUT2D eigenvalue weighted by atomic mass is 16.5. The molecule has 0 aromatic carbocycles. The molecule has 1 aliphatic rings. The molecule has 3 nitrogen and oxygen atoms in total. The third-order valence-electron chi connectivity index (χ3n) is 3.67. The second-order valence-electron chi connectivity index (χ2n) is 5.63. The number of nitrogens with zero attached hydrogens (tertiary/aromatic N) is 1. The first-order chi connectivity index (χ1) is 7.54.